The second-order valence-corrected chi connectivity index (χ2v) is 33.0. The van der Waals surface area contributed by atoms with Crippen LogP contribution in [-0.2, 0) is 172 Å². The SMILES string of the molecule is CC(=O)N[C@H]1[C@@H](O[C@H]2[C@H](O)[C@@H](OS(=O)(=O)[O-])[C@H](O[C@H]3[C@H](O)[C@@H](NC(C)=O)[C@@H](O[C@H]4[C@H](O)[C@@H](OS(=O)(=O)[O-])[C@H](OCCCCCN)O[C@@H]4C(=O)[O-])O[C@@H]3CO)O[C@H]2C(=O)[O-])O[C@H](CO)[C@@H](O[C@@H]2O[C@H](C(=O)[O-])[C@@H](O[C@H]3O[C@H](CO)[C@@H](O[C@@H]4O[C@@H](C(=O)[O-])[C@@H](O[C@H]5O[C@H](CO)[C@@H](O)[C@H](O)[C@H]5NC(C)=O)[C@H](O)[C@H]4OS(=O)(=O)[O-])[C@H](O)[C@H]3NC(C)=O)[C@H](O)[C@H]2OS(=O)(=O)[O-])[C@@H]1O.[Na+].[Na+].[Na+].[Na+].[Na+].[Na+].[Na+].[Na+]. The summed E-state index contributed by atoms with van der Waals surface area (Å²) in [6.45, 7) is -3.04. The predicted molar refractivity (Wildman–Crippen MR) is 363 cm³/mol. The zero-order chi connectivity index (χ0) is 95.0. The summed E-state index contributed by atoms with van der Waals surface area (Å²) >= 11 is 0. The van der Waals surface area contributed by atoms with Crippen LogP contribution in [0, 0.1) is 0 Å². The molecule has 8 rings (SSSR count). The summed E-state index contributed by atoms with van der Waals surface area (Å²) in [5, 5.41) is 207. The largest absolute Gasteiger partial charge is 1.00 e. The standard InChI is InChI=1S/C61H97N5O57S4.8Na/c1-14(71)63-22-27(76)26(75)18(10-67)105-54(22)112-39-32(81)43(121-125(95,96)97)59(117-47(39)51(86)87)109-36-20(12-69)107-56(24(29(36)78)65-16(3)73)114-41-34(83)45(123-127(101,102)103)61(119-49(41)53(90)91)111-37-21(13-70)108-57(25(30(37)79)66-17(4)74)115-40-33(82)44(122-126(98,99)100)60(118-48(40)52(88)89)110-35-19(11-68)106-55(23(28(35)77)64-15(2)72)113-38-31(80)42(120-124(92,93)94)58(116-46(38)50(84)85)104-9-7-5-6-8-62;;;;;;;;/h18-49,54-61,67-70,75-83H,5-13,62H2,1-4H3,(H,63,71)(H,64,72)(H,65,73)(H,66,74)(H,84,85)(H,86,87)(H,88,89)(H,90,91)(H,92,93,94)(H,95,96,97)(H,98,99,100)(H,101,102,103);;;;;;;;/q;8*+1/p-8/t18-,19-,20-,21-,22-,23-,24-,25-,26-,27-,28-,29-,30-,31+,32+,33+,34+,35-,36-,37-,38+,39+,40+,41+,42-,43-,44-,45-,46+,47-,48-,49+,54-,55-,56-,57-,58-,59-,60-,61-;;;;;;;;/m1......../s1. The van der Waals surface area contributed by atoms with Gasteiger partial charge in [0.15, 0.2) is 74.7 Å². The average Bonchev–Trinajstić information content (AvgIpc) is 0.720. The molecule has 0 aromatic rings. The number of ether oxygens (including phenoxy) is 16. The maximum Gasteiger partial charge on any atom is 1.00 e. The number of hydrogen-bond donors (Lipinski definition) is 18. The van der Waals surface area contributed by atoms with Gasteiger partial charge in [0.1, 0.15) is 171 Å². The minimum absolute atomic E-state index is 0. The fraction of sp³-hybridized carbons (Fsp3) is 0.869. The van der Waals surface area contributed by atoms with Crippen LogP contribution in [0.15, 0.2) is 0 Å². The number of unbranched alkanes of at least 4 members (excludes halogenated alkanes) is 2. The molecule has 8 aliphatic rings. The Hall–Kier alpha value is 2.04. The van der Waals surface area contributed by atoms with E-state index < -0.39 is 361 Å². The van der Waals surface area contributed by atoms with Crippen LogP contribution in [0.4, 0.5) is 0 Å². The molecule has 0 unspecified atom stereocenters. The number of carbonyl (C=O) groups is 8. The number of nitrogens with two attached hydrogens (primary N) is 1. The van der Waals surface area contributed by atoms with Gasteiger partial charge in [0.25, 0.3) is 0 Å². The Morgan fingerprint density at radius 1 is 0.289 bits per heavy atom. The van der Waals surface area contributed by atoms with Crippen LogP contribution in [0.2, 0.25) is 0 Å². The topological polar surface area (TPSA) is 979 Å². The summed E-state index contributed by atoms with van der Waals surface area (Å²) in [5.41, 5.74) is 5.47. The number of aliphatic hydroxyl groups is 13. The van der Waals surface area contributed by atoms with Gasteiger partial charge < -0.3 is 227 Å². The van der Waals surface area contributed by atoms with Crippen molar-refractivity contribution in [1.29, 1.82) is 0 Å². The van der Waals surface area contributed by atoms with Crippen LogP contribution in [0.1, 0.15) is 47.0 Å². The Balaban J connectivity index is 0.0000224. The molecule has 0 saturated carbocycles. The first-order valence-corrected chi connectivity index (χ1v) is 42.6. The first-order valence-electron chi connectivity index (χ1n) is 37.3. The van der Waals surface area contributed by atoms with Gasteiger partial charge in [0.05, 0.1) is 50.3 Å². The third-order valence-electron chi connectivity index (χ3n) is 20.0. The maximum absolute atomic E-state index is 13.2. The third kappa shape index (κ3) is 37.0. The molecule has 8 heterocycles. The van der Waals surface area contributed by atoms with E-state index in [0.717, 1.165) is 13.8 Å². The molecule has 40 atom stereocenters. The summed E-state index contributed by atoms with van der Waals surface area (Å²) in [5.74, 6) is -14.6. The number of amides is 4. The van der Waals surface area contributed by atoms with Crippen LogP contribution in [-0.4, -0.2) is 451 Å². The van der Waals surface area contributed by atoms with Crippen LogP contribution >= 0.6 is 0 Å². The first kappa shape index (κ1) is 137. The van der Waals surface area contributed by atoms with E-state index in [9.17, 15) is 177 Å². The number of carboxylic acid groups (broad SMARTS) is 4. The Bertz CT molecular complexity index is 4270. The molecule has 0 spiro atoms. The molecule has 0 aromatic heterocycles. The fourth-order valence-corrected chi connectivity index (χ4v) is 16.5. The van der Waals surface area contributed by atoms with E-state index in [4.69, 9.17) is 81.5 Å². The van der Waals surface area contributed by atoms with Crippen molar-refractivity contribution in [3.8, 4) is 0 Å². The molecule has 4 amide bonds. The smallest absolute Gasteiger partial charge is 0.726 e. The van der Waals surface area contributed by atoms with Crippen molar-refractivity contribution in [2.75, 3.05) is 39.6 Å². The summed E-state index contributed by atoms with van der Waals surface area (Å²) < 4.78 is 254. The summed E-state index contributed by atoms with van der Waals surface area (Å²) in [7, 11) is -24.8. The van der Waals surface area contributed by atoms with Gasteiger partial charge in [-0.05, 0) is 25.8 Å². The van der Waals surface area contributed by atoms with Crippen molar-refractivity contribution < 1.29 is 506 Å². The summed E-state index contributed by atoms with van der Waals surface area (Å²) in [6.07, 6.45) is -95.5. The predicted octanol–water partition coefficient (Wildman–Crippen LogP) is -47.7. The van der Waals surface area contributed by atoms with Gasteiger partial charge in [-0.2, -0.15) is 0 Å². The number of nitrogens with one attached hydrogen (secondary N) is 4. The van der Waals surface area contributed by atoms with Gasteiger partial charge in [-0.3, -0.25) is 35.9 Å². The van der Waals surface area contributed by atoms with Crippen molar-refractivity contribution in [1.82, 2.24) is 21.3 Å². The number of aliphatic hydroxyl groups excluding tert-OH is 13. The van der Waals surface area contributed by atoms with E-state index >= 15 is 0 Å². The zero-order valence-corrected chi connectivity index (χ0v) is 92.7. The monoisotopic (exact) mass is 2120 g/mol. The molecule has 62 nitrogen and oxygen atoms in total. The molecule has 8 saturated heterocycles. The molecule has 0 radical (unpaired) electrons. The fourth-order valence-electron chi connectivity index (χ4n) is 14.6. The van der Waals surface area contributed by atoms with E-state index in [2.05, 4.69) is 27.4 Å². The van der Waals surface area contributed by atoms with Crippen molar-refractivity contribution in [3.63, 3.8) is 0 Å². The van der Waals surface area contributed by atoms with Crippen LogP contribution in [0.3, 0.4) is 0 Å². The van der Waals surface area contributed by atoms with E-state index in [1.807, 2.05) is 10.6 Å². The van der Waals surface area contributed by atoms with Crippen molar-refractivity contribution in [2.24, 2.45) is 5.73 Å². The van der Waals surface area contributed by atoms with Crippen LogP contribution < -0.4 is 284 Å². The molecule has 732 valence electrons. The number of rotatable bonds is 40. The molecule has 0 bridgehead atoms. The van der Waals surface area contributed by atoms with E-state index in [1.165, 1.54) is 0 Å². The summed E-state index contributed by atoms with van der Waals surface area (Å²) in [4.78, 5) is 103. The zero-order valence-electron chi connectivity index (χ0n) is 73.4. The maximum atomic E-state index is 13.2. The van der Waals surface area contributed by atoms with Gasteiger partial charge in [0.2, 0.25) is 65.2 Å². The number of carboxylic acids is 4. The van der Waals surface area contributed by atoms with Crippen LogP contribution in [0.5, 0.6) is 0 Å². The second kappa shape index (κ2) is 60.2. The van der Waals surface area contributed by atoms with E-state index in [0.29, 0.717) is 26.7 Å². The van der Waals surface area contributed by atoms with Crippen molar-refractivity contribution in [3.05, 3.63) is 0 Å². The molecular weight excluding hydrogens is 2030 g/mol. The summed E-state index contributed by atoms with van der Waals surface area (Å²) in [6, 6.07) is -9.17. The van der Waals surface area contributed by atoms with Crippen LogP contribution in [0.25, 0.3) is 0 Å². The molecule has 8 aliphatic heterocycles. The van der Waals surface area contributed by atoms with E-state index in [-0.39, 0.29) is 256 Å². The Morgan fingerprint density at radius 3 is 0.719 bits per heavy atom. The van der Waals surface area contributed by atoms with Gasteiger partial charge in [-0.1, -0.05) is 0 Å². The van der Waals surface area contributed by atoms with Crippen molar-refractivity contribution in [2.45, 2.75) is 292 Å². The molecule has 8 fully saturated rings. The normalized spacial score (nSPS) is 38.8. The molecule has 74 heteroatoms. The average molecular weight is 2120 g/mol. The first-order chi connectivity index (χ1) is 59.1. The minimum atomic E-state index is -6.38. The Labute approximate surface area is 942 Å². The minimum Gasteiger partial charge on any atom is -0.726 e. The third-order valence-corrected chi connectivity index (χ3v) is 21.8. The van der Waals surface area contributed by atoms with E-state index in [1.54, 1.807) is 0 Å². The number of hydrogen-bond acceptors (Lipinski definition) is 58. The number of carbonyl (C=O) groups excluding carboxylic acids is 8. The number of aliphatic carboxylic acids is 4. The Morgan fingerprint density at radius 2 is 0.504 bits per heavy atom. The molecular formula is C61H89N5Na8O57S4. The second-order valence-electron chi connectivity index (χ2n) is 29.0. The Kier molecular flexibility index (Phi) is 61.1. The van der Waals surface area contributed by atoms with Gasteiger partial charge in [0, 0.05) is 34.3 Å². The quantitative estimate of drug-likeness (QED) is 0.0117. The van der Waals surface area contributed by atoms with Gasteiger partial charge in [-0.25, -0.2) is 33.7 Å². The molecule has 0 aromatic carbocycles. The van der Waals surface area contributed by atoms with Gasteiger partial charge >= 0.3 is 236 Å². The molecule has 0 aliphatic carbocycles. The molecule has 135 heavy (non-hydrogen) atoms. The molecule has 19 N–H and O–H groups in total. The van der Waals surface area contributed by atoms with Crippen molar-refractivity contribution >= 4 is 89.1 Å². The van der Waals surface area contributed by atoms with Gasteiger partial charge in [-0.15, -0.1) is 0 Å².